The molecule has 1 aromatic heterocycles. The van der Waals surface area contributed by atoms with Crippen LogP contribution in [0, 0.1) is 5.41 Å². The summed E-state index contributed by atoms with van der Waals surface area (Å²) in [7, 11) is 3.85. The number of hydrogen-bond acceptors (Lipinski definition) is 12. The Morgan fingerprint density at radius 3 is 2.29 bits per heavy atom. The van der Waals surface area contributed by atoms with Crippen LogP contribution in [0.2, 0.25) is 0 Å². The predicted molar refractivity (Wildman–Crippen MR) is 204 cm³/mol. The Morgan fingerprint density at radius 2 is 1.69 bits per heavy atom. The van der Waals surface area contributed by atoms with E-state index < -0.39 is 59.6 Å². The minimum atomic E-state index is -2.30. The Morgan fingerprint density at radius 1 is 1.05 bits per heavy atom. The lowest BCUT2D eigenvalue weighted by molar-refractivity contribution is -0.273. The van der Waals surface area contributed by atoms with Crippen LogP contribution >= 0.6 is 0 Å². The quantitative estimate of drug-likeness (QED) is 0.0567. The number of hydroxylamine groups is 2. The lowest BCUT2D eigenvalue weighted by Gasteiger charge is -2.39. The predicted octanol–water partition coefficient (Wildman–Crippen LogP) is 4.13. The molecule has 1 aliphatic rings. The van der Waals surface area contributed by atoms with Gasteiger partial charge in [0.1, 0.15) is 12.4 Å². The van der Waals surface area contributed by atoms with Gasteiger partial charge in [-0.05, 0) is 46.6 Å². The number of nitrogens with one attached hydrogen (secondary N) is 1. The molecule has 1 fully saturated rings. The van der Waals surface area contributed by atoms with Crippen molar-refractivity contribution in [3.63, 3.8) is 0 Å². The van der Waals surface area contributed by atoms with E-state index in [-0.39, 0.29) is 23.9 Å². The molecule has 3 N–H and O–H groups in total. The molecule has 3 amide bonds. The maximum atomic E-state index is 13.9. The zero-order chi connectivity index (χ0) is 41.2. The summed E-state index contributed by atoms with van der Waals surface area (Å²) in [5.74, 6) is -3.53. The smallest absolute Gasteiger partial charge is 0.331 e. The summed E-state index contributed by atoms with van der Waals surface area (Å²) < 4.78 is 27.0. The lowest BCUT2D eigenvalue weighted by Crippen LogP contribution is -2.65. The van der Waals surface area contributed by atoms with E-state index in [1.807, 2.05) is 18.2 Å². The number of oxazole rings is 1. The molecule has 0 aromatic carbocycles. The molecule has 2 rings (SSSR count). The molecule has 55 heavy (non-hydrogen) atoms. The fraction of sp³-hybridized carbons (Fsp3) is 0.475. The van der Waals surface area contributed by atoms with Gasteiger partial charge in [0.25, 0.3) is 17.5 Å². The van der Waals surface area contributed by atoms with E-state index in [0.29, 0.717) is 12.0 Å². The second-order valence-corrected chi connectivity index (χ2v) is 13.4. The minimum Gasteiger partial charge on any atom is -0.467 e. The first-order chi connectivity index (χ1) is 26.0. The van der Waals surface area contributed by atoms with Gasteiger partial charge in [0, 0.05) is 33.2 Å². The number of carbonyl (C=O) groups is 4. The van der Waals surface area contributed by atoms with Gasteiger partial charge < -0.3 is 38.7 Å². The molecule has 302 valence electrons. The van der Waals surface area contributed by atoms with Crippen molar-refractivity contribution in [3.8, 4) is 0 Å². The minimum absolute atomic E-state index is 0.160. The van der Waals surface area contributed by atoms with E-state index in [1.54, 1.807) is 90.3 Å². The first kappa shape index (κ1) is 46.2. The number of likely N-dealkylation sites (N-methyl/N-ethyl adjacent to an activating group) is 1. The van der Waals surface area contributed by atoms with Gasteiger partial charge in [-0.2, -0.15) is 5.06 Å². The van der Waals surface area contributed by atoms with Crippen LogP contribution in [-0.4, -0.2) is 113 Å². The summed E-state index contributed by atoms with van der Waals surface area (Å²) in [6.45, 7) is 9.71. The molecule has 5 unspecified atom stereocenters. The number of aromatic nitrogens is 1. The van der Waals surface area contributed by atoms with Crippen LogP contribution in [0.4, 0.5) is 0 Å². The van der Waals surface area contributed by atoms with Crippen LogP contribution < -0.4 is 5.32 Å². The lowest BCUT2D eigenvalue weighted by atomic mass is 9.81. The van der Waals surface area contributed by atoms with Crippen molar-refractivity contribution in [2.75, 3.05) is 34.4 Å². The van der Waals surface area contributed by atoms with Gasteiger partial charge in [-0.1, -0.05) is 79.8 Å². The highest BCUT2D eigenvalue weighted by Gasteiger charge is 2.60. The van der Waals surface area contributed by atoms with Gasteiger partial charge in [0.15, 0.2) is 18.2 Å². The van der Waals surface area contributed by atoms with Crippen molar-refractivity contribution in [1.82, 2.24) is 20.3 Å². The average Bonchev–Trinajstić information content (AvgIpc) is 3.84. The summed E-state index contributed by atoms with van der Waals surface area (Å²) >= 11 is 0. The van der Waals surface area contributed by atoms with Crippen molar-refractivity contribution < 1.29 is 52.9 Å². The molecule has 0 saturated carbocycles. The molecular weight excluding hydrogens is 712 g/mol. The first-order valence-corrected chi connectivity index (χ1v) is 17.8. The van der Waals surface area contributed by atoms with Gasteiger partial charge in [-0.3, -0.25) is 19.6 Å². The van der Waals surface area contributed by atoms with E-state index in [1.165, 1.54) is 39.8 Å². The summed E-state index contributed by atoms with van der Waals surface area (Å²) in [4.78, 5) is 57.2. The molecule has 1 aliphatic heterocycles. The third-order valence-electron chi connectivity index (χ3n) is 9.01. The third kappa shape index (κ3) is 12.8. The fourth-order valence-electron chi connectivity index (χ4n) is 5.29. The molecule has 0 aliphatic carbocycles. The number of nitrogens with zero attached hydrogens (tertiary/aromatic N) is 3. The topological polar surface area (TPSA) is 190 Å². The number of aliphatic hydroxyl groups excluding tert-OH is 1. The molecule has 15 nitrogen and oxygen atoms in total. The maximum absolute atomic E-state index is 13.9. The number of allylic oxidation sites excluding steroid dienone is 11. The monoisotopic (exact) mass is 768 g/mol. The largest absolute Gasteiger partial charge is 0.467 e. The van der Waals surface area contributed by atoms with Crippen LogP contribution in [0.5, 0.6) is 0 Å². The van der Waals surface area contributed by atoms with Crippen LogP contribution in [0.25, 0.3) is 0 Å². The number of amides is 3. The Kier molecular flexibility index (Phi) is 18.3. The molecule has 1 aromatic rings. The summed E-state index contributed by atoms with van der Waals surface area (Å²) in [6.07, 6.45) is 23.6. The van der Waals surface area contributed by atoms with Gasteiger partial charge in [-0.15, -0.1) is 0 Å². The average molecular weight is 769 g/mol. The highest BCUT2D eigenvalue weighted by atomic mass is 16.8. The number of ether oxygens (including phenoxy) is 4. The van der Waals surface area contributed by atoms with Crippen LogP contribution in [-0.2, 0) is 44.5 Å². The van der Waals surface area contributed by atoms with Crippen molar-refractivity contribution in [3.05, 3.63) is 103 Å². The van der Waals surface area contributed by atoms with E-state index >= 15 is 0 Å². The van der Waals surface area contributed by atoms with Crippen LogP contribution in [0.3, 0.4) is 0 Å². The van der Waals surface area contributed by atoms with Crippen molar-refractivity contribution >= 4 is 23.7 Å². The maximum Gasteiger partial charge on any atom is 0.331 e. The summed E-state index contributed by atoms with van der Waals surface area (Å²) in [6, 6.07) is -1.22. The van der Waals surface area contributed by atoms with Crippen molar-refractivity contribution in [2.24, 2.45) is 5.41 Å². The number of aliphatic hydroxyl groups is 1. The Balaban J connectivity index is 1.95. The Labute approximate surface area is 323 Å². The number of hydrogen-bond donors (Lipinski definition) is 3. The molecule has 0 spiro atoms. The van der Waals surface area contributed by atoms with Crippen LogP contribution in [0.1, 0.15) is 53.7 Å². The standard InChI is InChI=1S/C40H56N4O11/c1-10-39(6)54-27-40(55-39,37(49)43(7)33(30(3)51-8)35(47)52-9)44(50)32(45)24-20-14-12-11-13-17-21-25-42-36(48)38(4,5)34(46)29(2)22-18-15-16-19-23-31-26-41-28-53-31/h11-22,24,26,28,30,33-34,46,50H,10,23,25,27H2,1-9H3,(H,42,48). The number of esters is 1. The zero-order valence-corrected chi connectivity index (χ0v) is 33.1. The number of rotatable bonds is 20. The Hall–Kier alpha value is -4.93. The molecule has 0 radical (unpaired) electrons. The molecule has 5 atom stereocenters. The molecular formula is C40H56N4O11. The second kappa shape index (κ2) is 21.8. The van der Waals surface area contributed by atoms with Gasteiger partial charge in [0.2, 0.25) is 5.91 Å². The second-order valence-electron chi connectivity index (χ2n) is 13.4. The normalized spacial score (nSPS) is 21.3. The van der Waals surface area contributed by atoms with Crippen molar-refractivity contribution in [1.29, 1.82) is 0 Å². The van der Waals surface area contributed by atoms with Crippen LogP contribution in [0.15, 0.2) is 102 Å². The summed E-state index contributed by atoms with van der Waals surface area (Å²) in [5, 5.41) is 24.9. The SMILES string of the molecule is CCC1(C)OCC(C(=O)N(C)C(C(=O)OC)C(C)OC)(N(O)C(=O)C=CC=CC=CC=CCNC(=O)C(C)(C)C(O)C(C)=CC=CC=CCc2cnco2)O1. The Bertz CT molecular complexity index is 1640. The number of methoxy groups -OCH3 is 2. The third-order valence-corrected chi connectivity index (χ3v) is 9.01. The highest BCUT2D eigenvalue weighted by Crippen LogP contribution is 2.37. The van der Waals surface area contributed by atoms with E-state index in [4.69, 9.17) is 23.4 Å². The first-order valence-electron chi connectivity index (χ1n) is 17.8. The van der Waals surface area contributed by atoms with Gasteiger partial charge >= 0.3 is 5.97 Å². The molecule has 2 heterocycles. The van der Waals surface area contributed by atoms with Gasteiger partial charge in [-0.25, -0.2) is 9.78 Å². The van der Waals surface area contributed by atoms with E-state index in [2.05, 4.69) is 10.3 Å². The van der Waals surface area contributed by atoms with E-state index in [9.17, 15) is 29.5 Å². The fourth-order valence-corrected chi connectivity index (χ4v) is 5.29. The number of carbonyl (C=O) groups excluding carboxylic acids is 4. The van der Waals surface area contributed by atoms with Crippen molar-refractivity contribution in [2.45, 2.75) is 84.1 Å². The van der Waals surface area contributed by atoms with E-state index in [0.717, 1.165) is 16.7 Å². The molecule has 15 heteroatoms. The zero-order valence-electron chi connectivity index (χ0n) is 33.1. The van der Waals surface area contributed by atoms with Gasteiger partial charge in [0.05, 0.1) is 30.9 Å². The highest BCUT2D eigenvalue weighted by molar-refractivity contribution is 5.95. The molecule has 0 bridgehead atoms. The molecule has 1 saturated heterocycles. The summed E-state index contributed by atoms with van der Waals surface area (Å²) in [5.41, 5.74) is -2.75.